The molecule has 0 spiro atoms. The fraction of sp³-hybridized carbons (Fsp3) is 0.778. The first-order chi connectivity index (χ1) is 6.79. The van der Waals surface area contributed by atoms with Crippen molar-refractivity contribution in [2.75, 3.05) is 26.8 Å². The molecular weight excluding hydrogens is 200 g/mol. The highest BCUT2D eigenvalue weighted by molar-refractivity contribution is 5.88. The molecule has 0 fully saturated rings. The monoisotopic (exact) mass is 218 g/mol. The van der Waals surface area contributed by atoms with Crippen LogP contribution in [-0.2, 0) is 14.3 Å². The Balaban J connectivity index is 4.47. The lowest BCUT2D eigenvalue weighted by atomic mass is 10.1. The third-order valence-electron chi connectivity index (χ3n) is 1.73. The van der Waals surface area contributed by atoms with Crippen LogP contribution >= 0.6 is 0 Å². The summed E-state index contributed by atoms with van der Waals surface area (Å²) >= 11 is 0. The molecule has 0 aromatic heterocycles. The molecule has 0 saturated heterocycles. The first-order valence-electron chi connectivity index (χ1n) is 4.58. The zero-order chi connectivity index (χ0) is 12.1. The Morgan fingerprint density at radius 1 is 1.47 bits per heavy atom. The van der Waals surface area contributed by atoms with Gasteiger partial charge in [0.2, 0.25) is 5.91 Å². The van der Waals surface area contributed by atoms with Gasteiger partial charge >= 0.3 is 5.97 Å². The summed E-state index contributed by atoms with van der Waals surface area (Å²) in [5.41, 5.74) is 4.54. The molecule has 0 aromatic rings. The summed E-state index contributed by atoms with van der Waals surface area (Å²) in [7, 11) is 1.48. The molecule has 3 N–H and O–H groups in total. The smallest absolute Gasteiger partial charge is 0.323 e. The summed E-state index contributed by atoms with van der Waals surface area (Å²) in [5, 5.41) is 8.62. The minimum absolute atomic E-state index is 0.224. The Kier molecular flexibility index (Phi) is 5.24. The topological polar surface area (TPSA) is 92.9 Å². The number of nitrogens with two attached hydrogens (primary N) is 1. The number of aliphatic carboxylic acids is 1. The Hall–Kier alpha value is -1.14. The molecule has 88 valence electrons. The molecule has 0 atom stereocenters. The maximum Gasteiger partial charge on any atom is 0.323 e. The molecule has 0 aromatic carbocycles. The van der Waals surface area contributed by atoms with Crippen LogP contribution in [0.15, 0.2) is 0 Å². The number of carboxylic acid groups (broad SMARTS) is 1. The number of rotatable bonds is 6. The summed E-state index contributed by atoms with van der Waals surface area (Å²) < 4.78 is 4.79. The SMILES string of the molecule is COCCN(CC(=O)O)C(=O)C(C)(C)N. The number of carbonyl (C=O) groups excluding carboxylic acids is 1. The second kappa shape index (κ2) is 5.67. The van der Waals surface area contributed by atoms with E-state index in [-0.39, 0.29) is 19.7 Å². The summed E-state index contributed by atoms with van der Waals surface area (Å²) in [6.07, 6.45) is 0. The van der Waals surface area contributed by atoms with Crippen molar-refractivity contribution in [3.63, 3.8) is 0 Å². The van der Waals surface area contributed by atoms with Crippen LogP contribution < -0.4 is 5.73 Å². The highest BCUT2D eigenvalue weighted by atomic mass is 16.5. The van der Waals surface area contributed by atoms with E-state index in [1.54, 1.807) is 0 Å². The van der Waals surface area contributed by atoms with Crippen molar-refractivity contribution in [1.29, 1.82) is 0 Å². The summed E-state index contributed by atoms with van der Waals surface area (Å²) in [4.78, 5) is 23.4. The van der Waals surface area contributed by atoms with Gasteiger partial charge in [0, 0.05) is 13.7 Å². The zero-order valence-corrected chi connectivity index (χ0v) is 9.32. The lowest BCUT2D eigenvalue weighted by Crippen LogP contribution is -2.53. The number of hydrogen-bond donors (Lipinski definition) is 2. The van der Waals surface area contributed by atoms with E-state index in [4.69, 9.17) is 15.6 Å². The zero-order valence-electron chi connectivity index (χ0n) is 9.32. The first kappa shape index (κ1) is 13.9. The normalized spacial score (nSPS) is 11.2. The van der Waals surface area contributed by atoms with Crippen LogP contribution in [0.3, 0.4) is 0 Å². The number of carbonyl (C=O) groups is 2. The lowest BCUT2D eigenvalue weighted by Gasteiger charge is -2.27. The second-order valence-electron chi connectivity index (χ2n) is 3.83. The van der Waals surface area contributed by atoms with Gasteiger partial charge in [0.25, 0.3) is 0 Å². The van der Waals surface area contributed by atoms with Gasteiger partial charge in [0.15, 0.2) is 0 Å². The van der Waals surface area contributed by atoms with Crippen LogP contribution in [0.1, 0.15) is 13.8 Å². The van der Waals surface area contributed by atoms with E-state index in [2.05, 4.69) is 0 Å². The van der Waals surface area contributed by atoms with Crippen LogP contribution in [0.4, 0.5) is 0 Å². The van der Waals surface area contributed by atoms with Crippen molar-refractivity contribution in [3.8, 4) is 0 Å². The van der Waals surface area contributed by atoms with E-state index in [0.29, 0.717) is 0 Å². The van der Waals surface area contributed by atoms with Crippen molar-refractivity contribution in [3.05, 3.63) is 0 Å². The molecule has 0 unspecified atom stereocenters. The van der Waals surface area contributed by atoms with Gasteiger partial charge in [-0.25, -0.2) is 0 Å². The van der Waals surface area contributed by atoms with Crippen LogP contribution in [0, 0.1) is 0 Å². The molecule has 0 bridgehead atoms. The van der Waals surface area contributed by atoms with Crippen molar-refractivity contribution in [2.24, 2.45) is 5.73 Å². The van der Waals surface area contributed by atoms with Gasteiger partial charge in [0.1, 0.15) is 6.54 Å². The fourth-order valence-corrected chi connectivity index (χ4v) is 1.02. The van der Waals surface area contributed by atoms with E-state index in [1.807, 2.05) is 0 Å². The predicted octanol–water partition coefficient (Wildman–Crippen LogP) is -0.717. The van der Waals surface area contributed by atoms with E-state index >= 15 is 0 Å². The molecule has 0 saturated carbocycles. The number of nitrogens with zero attached hydrogens (tertiary/aromatic N) is 1. The number of amides is 1. The van der Waals surface area contributed by atoms with Gasteiger partial charge in [-0.3, -0.25) is 9.59 Å². The lowest BCUT2D eigenvalue weighted by molar-refractivity contribution is -0.146. The molecule has 0 radical (unpaired) electrons. The van der Waals surface area contributed by atoms with Crippen molar-refractivity contribution in [1.82, 2.24) is 4.90 Å². The van der Waals surface area contributed by atoms with Crippen LogP contribution in [0.5, 0.6) is 0 Å². The van der Waals surface area contributed by atoms with Crippen LogP contribution in [-0.4, -0.2) is 54.2 Å². The highest BCUT2D eigenvalue weighted by Gasteiger charge is 2.28. The molecule has 1 amide bonds. The molecule has 0 aliphatic rings. The van der Waals surface area contributed by atoms with Gasteiger partial charge < -0.3 is 20.5 Å². The Bertz CT molecular complexity index is 235. The van der Waals surface area contributed by atoms with Crippen molar-refractivity contribution < 1.29 is 19.4 Å². The third-order valence-corrected chi connectivity index (χ3v) is 1.73. The fourth-order valence-electron chi connectivity index (χ4n) is 1.02. The highest BCUT2D eigenvalue weighted by Crippen LogP contribution is 2.04. The van der Waals surface area contributed by atoms with Crippen LogP contribution in [0.2, 0.25) is 0 Å². The van der Waals surface area contributed by atoms with E-state index < -0.39 is 17.4 Å². The minimum atomic E-state index is -1.07. The Labute approximate surface area is 89.0 Å². The molecule has 0 aliphatic heterocycles. The quantitative estimate of drug-likeness (QED) is 0.614. The molecule has 0 aliphatic carbocycles. The molecule has 6 nitrogen and oxygen atoms in total. The predicted molar refractivity (Wildman–Crippen MR) is 54.4 cm³/mol. The maximum atomic E-state index is 11.7. The maximum absolute atomic E-state index is 11.7. The molecule has 15 heavy (non-hydrogen) atoms. The Morgan fingerprint density at radius 3 is 2.33 bits per heavy atom. The third kappa shape index (κ3) is 5.34. The van der Waals surface area contributed by atoms with Crippen molar-refractivity contribution in [2.45, 2.75) is 19.4 Å². The number of carboxylic acids is 1. The van der Waals surface area contributed by atoms with Gasteiger partial charge in [-0.05, 0) is 13.8 Å². The van der Waals surface area contributed by atoms with E-state index in [9.17, 15) is 9.59 Å². The first-order valence-corrected chi connectivity index (χ1v) is 4.58. The summed E-state index contributed by atoms with van der Waals surface area (Å²) in [6.45, 7) is 3.23. The summed E-state index contributed by atoms with van der Waals surface area (Å²) in [5.74, 6) is -1.47. The van der Waals surface area contributed by atoms with Gasteiger partial charge in [-0.2, -0.15) is 0 Å². The van der Waals surface area contributed by atoms with E-state index in [1.165, 1.54) is 25.9 Å². The molecule has 6 heteroatoms. The summed E-state index contributed by atoms with van der Waals surface area (Å²) in [6, 6.07) is 0. The number of methoxy groups -OCH3 is 1. The largest absolute Gasteiger partial charge is 0.480 e. The average Bonchev–Trinajstić information content (AvgIpc) is 2.09. The number of ether oxygens (including phenoxy) is 1. The van der Waals surface area contributed by atoms with Crippen molar-refractivity contribution >= 4 is 11.9 Å². The minimum Gasteiger partial charge on any atom is -0.480 e. The molecule has 0 heterocycles. The van der Waals surface area contributed by atoms with Gasteiger partial charge in [-0.15, -0.1) is 0 Å². The standard InChI is InChI=1S/C9H18N2O4/c1-9(2,10)8(14)11(4-5-15-3)6-7(12)13/h4-6,10H2,1-3H3,(H,12,13). The average molecular weight is 218 g/mol. The molecular formula is C9H18N2O4. The molecule has 0 rings (SSSR count). The number of hydrogen-bond acceptors (Lipinski definition) is 4. The van der Waals surface area contributed by atoms with E-state index in [0.717, 1.165) is 0 Å². The van der Waals surface area contributed by atoms with Gasteiger partial charge in [0.05, 0.1) is 12.1 Å². The van der Waals surface area contributed by atoms with Gasteiger partial charge in [-0.1, -0.05) is 0 Å². The Morgan fingerprint density at radius 2 is 2.00 bits per heavy atom. The second-order valence-corrected chi connectivity index (χ2v) is 3.83. The van der Waals surface area contributed by atoms with Crippen LogP contribution in [0.25, 0.3) is 0 Å².